The van der Waals surface area contributed by atoms with Gasteiger partial charge in [0.15, 0.2) is 0 Å². The molecule has 0 fully saturated rings. The van der Waals surface area contributed by atoms with Crippen LogP contribution in [0.1, 0.15) is 27.8 Å². The van der Waals surface area contributed by atoms with Crippen LogP contribution in [0.4, 0.5) is 0 Å². The van der Waals surface area contributed by atoms with Crippen LogP contribution in [0.5, 0.6) is 0 Å². The molecule has 0 saturated heterocycles. The maximum atomic E-state index is 2.56. The van der Waals surface area contributed by atoms with Crippen molar-refractivity contribution in [3.8, 4) is 44.5 Å². The fourth-order valence-corrected chi connectivity index (χ4v) is 11.2. The van der Waals surface area contributed by atoms with E-state index >= 15 is 0 Å². The van der Waals surface area contributed by atoms with Crippen molar-refractivity contribution in [1.82, 2.24) is 0 Å². The minimum absolute atomic E-state index is 1.25. The fraction of sp³-hybridized carbons (Fsp3) is 0.0847. The Bertz CT molecular complexity index is 3640. The number of aryl methyl sites for hydroxylation is 5. The van der Waals surface area contributed by atoms with E-state index in [1.165, 1.54) is 148 Å². The van der Waals surface area contributed by atoms with Gasteiger partial charge in [0.25, 0.3) is 0 Å². The zero-order valence-corrected chi connectivity index (χ0v) is 34.1. The predicted octanol–water partition coefficient (Wildman–Crippen LogP) is 16.8. The summed E-state index contributed by atoms with van der Waals surface area (Å²) in [7, 11) is 0. The van der Waals surface area contributed by atoms with Gasteiger partial charge >= 0.3 is 0 Å². The molecule has 278 valence electrons. The molecule has 0 heterocycles. The van der Waals surface area contributed by atoms with Gasteiger partial charge in [-0.25, -0.2) is 0 Å². The second kappa shape index (κ2) is 12.5. The monoisotopic (exact) mass is 750 g/mol. The average Bonchev–Trinajstić information content (AvgIpc) is 3.74. The van der Waals surface area contributed by atoms with Gasteiger partial charge in [0.2, 0.25) is 0 Å². The molecule has 0 nitrogen and oxygen atoms in total. The summed E-state index contributed by atoms with van der Waals surface area (Å²) in [5, 5.41) is 18.6. The van der Waals surface area contributed by atoms with Crippen molar-refractivity contribution in [2.24, 2.45) is 0 Å². The number of hydrogen-bond acceptors (Lipinski definition) is 0. The number of benzene rings is 10. The molecule has 0 bridgehead atoms. The molecule has 12 rings (SSSR count). The molecule has 0 aliphatic rings. The van der Waals surface area contributed by atoms with Crippen LogP contribution in [0.3, 0.4) is 0 Å². The van der Waals surface area contributed by atoms with E-state index in [9.17, 15) is 0 Å². The summed E-state index contributed by atoms with van der Waals surface area (Å²) in [5.74, 6) is 0. The third kappa shape index (κ3) is 4.72. The predicted molar refractivity (Wildman–Crippen MR) is 257 cm³/mol. The van der Waals surface area contributed by atoms with Crippen molar-refractivity contribution in [3.63, 3.8) is 0 Å². The molecule has 0 spiro atoms. The average molecular weight is 751 g/mol. The Balaban J connectivity index is 1.33. The minimum Gasteiger partial charge on any atom is -0.0622 e. The third-order valence-corrected chi connectivity index (χ3v) is 13.5. The zero-order chi connectivity index (χ0) is 39.7. The molecule has 0 radical (unpaired) electrons. The largest absolute Gasteiger partial charge is 0.0622 e. The van der Waals surface area contributed by atoms with Gasteiger partial charge < -0.3 is 0 Å². The molecule has 0 saturated carbocycles. The van der Waals surface area contributed by atoms with E-state index in [0.29, 0.717) is 0 Å². The molecule has 0 heteroatoms. The lowest BCUT2D eigenvalue weighted by atomic mass is 9.83. The summed E-state index contributed by atoms with van der Waals surface area (Å²) in [6.07, 6.45) is 0. The first-order chi connectivity index (χ1) is 28.9. The lowest BCUT2D eigenvalue weighted by Gasteiger charge is -2.19. The topological polar surface area (TPSA) is 0 Å². The second-order valence-corrected chi connectivity index (χ2v) is 17.0. The molecule has 0 unspecified atom stereocenters. The standard InChI is InChI=1S/C59H42/c1-33-29-47-46-31-40(51-34(2)15-12-16-35(51)3)25-26-41(46)48-32-50-53(38-19-8-6-9-20-38)58-44-24-14-23-42-43(52-36(4)17-13-18-37(52)5)27-28-45(55(42)44)59(58)54(39-21-10-7-11-22-39)57(50)49(30-33)56(47)48/h6-32H,1-5H3. The first kappa shape index (κ1) is 34.1. The van der Waals surface area contributed by atoms with Crippen LogP contribution in [-0.2, 0) is 0 Å². The molecular weight excluding hydrogens is 709 g/mol. The molecule has 0 atom stereocenters. The fourth-order valence-electron chi connectivity index (χ4n) is 11.2. The Morgan fingerprint density at radius 2 is 0.763 bits per heavy atom. The Kier molecular flexibility index (Phi) is 7.21. The third-order valence-electron chi connectivity index (χ3n) is 13.5. The van der Waals surface area contributed by atoms with Crippen LogP contribution in [-0.4, -0.2) is 0 Å². The van der Waals surface area contributed by atoms with Gasteiger partial charge in [-0.15, -0.1) is 0 Å². The van der Waals surface area contributed by atoms with Crippen LogP contribution in [0.15, 0.2) is 164 Å². The van der Waals surface area contributed by atoms with E-state index in [4.69, 9.17) is 0 Å². The van der Waals surface area contributed by atoms with E-state index in [1.807, 2.05) is 0 Å². The van der Waals surface area contributed by atoms with Crippen LogP contribution >= 0.6 is 0 Å². The Morgan fingerprint density at radius 3 is 1.46 bits per heavy atom. The highest BCUT2D eigenvalue weighted by Crippen LogP contribution is 2.55. The van der Waals surface area contributed by atoms with Crippen molar-refractivity contribution < 1.29 is 0 Å². The summed E-state index contributed by atoms with van der Waals surface area (Å²) < 4.78 is 0. The van der Waals surface area contributed by atoms with E-state index < -0.39 is 0 Å². The van der Waals surface area contributed by atoms with Crippen LogP contribution in [0.2, 0.25) is 0 Å². The lowest BCUT2D eigenvalue weighted by Crippen LogP contribution is -1.91. The number of fused-ring (bicyclic) bond motifs is 8. The summed E-state index contributed by atoms with van der Waals surface area (Å²) in [4.78, 5) is 0. The van der Waals surface area contributed by atoms with Gasteiger partial charge in [0.05, 0.1) is 0 Å². The molecule has 0 amide bonds. The molecule has 0 N–H and O–H groups in total. The van der Waals surface area contributed by atoms with E-state index in [0.717, 1.165) is 0 Å². The lowest BCUT2D eigenvalue weighted by molar-refractivity contribution is 1.38. The van der Waals surface area contributed by atoms with Crippen LogP contribution < -0.4 is 0 Å². The summed E-state index contributed by atoms with van der Waals surface area (Å²) in [6, 6.07) is 62.2. The summed E-state index contributed by atoms with van der Waals surface area (Å²) >= 11 is 0. The van der Waals surface area contributed by atoms with Crippen molar-refractivity contribution in [2.45, 2.75) is 34.6 Å². The first-order valence-corrected chi connectivity index (χ1v) is 20.9. The Hall–Kier alpha value is -7.02. The van der Waals surface area contributed by atoms with Gasteiger partial charge in [0.1, 0.15) is 0 Å². The maximum absolute atomic E-state index is 2.56. The van der Waals surface area contributed by atoms with E-state index in [2.05, 4.69) is 198 Å². The molecule has 59 heavy (non-hydrogen) atoms. The highest BCUT2D eigenvalue weighted by atomic mass is 14.3. The second-order valence-electron chi connectivity index (χ2n) is 17.0. The molecule has 0 aliphatic heterocycles. The van der Waals surface area contributed by atoms with Gasteiger partial charge in [-0.05, 0) is 194 Å². The van der Waals surface area contributed by atoms with Crippen molar-refractivity contribution in [3.05, 3.63) is 192 Å². The summed E-state index contributed by atoms with van der Waals surface area (Å²) in [5.41, 5.74) is 16.9. The van der Waals surface area contributed by atoms with Crippen molar-refractivity contribution in [2.75, 3.05) is 0 Å². The minimum atomic E-state index is 1.25. The molecule has 12 aromatic rings. The van der Waals surface area contributed by atoms with Crippen LogP contribution in [0.25, 0.3) is 120 Å². The first-order valence-electron chi connectivity index (χ1n) is 20.9. The summed E-state index contributed by atoms with van der Waals surface area (Å²) in [6.45, 7) is 11.3. The Morgan fingerprint density at radius 1 is 0.237 bits per heavy atom. The Labute approximate surface area is 344 Å². The van der Waals surface area contributed by atoms with Crippen molar-refractivity contribution >= 4 is 75.4 Å². The number of rotatable bonds is 4. The SMILES string of the molecule is Cc1cc2c3cc(-c4c(C)cccc4C)ccc3c3cc4c(-c5ccccc5)c5c6cccc7c(-c8c(C)cccc8C)ccc(c5c(-c5ccccc5)c4c(c1)c23)c76. The van der Waals surface area contributed by atoms with Gasteiger partial charge in [-0.1, -0.05) is 152 Å². The van der Waals surface area contributed by atoms with Gasteiger partial charge in [-0.2, -0.15) is 0 Å². The zero-order valence-electron chi connectivity index (χ0n) is 34.1. The smallest absolute Gasteiger partial charge is 0.000719 e. The number of hydrogen-bond donors (Lipinski definition) is 0. The van der Waals surface area contributed by atoms with Gasteiger partial charge in [-0.3, -0.25) is 0 Å². The highest BCUT2D eigenvalue weighted by Gasteiger charge is 2.27. The molecule has 0 aliphatic carbocycles. The maximum Gasteiger partial charge on any atom is -0.000719 e. The van der Waals surface area contributed by atoms with E-state index in [-0.39, 0.29) is 0 Å². The van der Waals surface area contributed by atoms with E-state index in [1.54, 1.807) is 0 Å². The highest BCUT2D eigenvalue weighted by molar-refractivity contribution is 6.45. The normalized spacial score (nSPS) is 12.2. The van der Waals surface area contributed by atoms with Crippen molar-refractivity contribution in [1.29, 1.82) is 0 Å². The molecule has 0 aromatic heterocycles. The molecular formula is C59H42. The molecule has 12 aromatic carbocycles. The van der Waals surface area contributed by atoms with Crippen LogP contribution in [0, 0.1) is 34.6 Å². The van der Waals surface area contributed by atoms with Gasteiger partial charge in [0, 0.05) is 0 Å². The quantitative estimate of drug-likeness (QED) is 0.157.